The van der Waals surface area contributed by atoms with Crippen molar-refractivity contribution in [1.29, 1.82) is 0 Å². The average molecular weight is 475 g/mol. The van der Waals surface area contributed by atoms with Crippen LogP contribution in [-0.4, -0.2) is 6.61 Å². The third kappa shape index (κ3) is 8.09. The average Bonchev–Trinajstić information content (AvgIpc) is 2.87. The van der Waals surface area contributed by atoms with Crippen molar-refractivity contribution in [3.8, 4) is 5.75 Å². The second-order valence-corrected chi connectivity index (χ2v) is 11.0. The zero-order valence-electron chi connectivity index (χ0n) is 21.6. The molecule has 3 heteroatoms. The summed E-state index contributed by atoms with van der Waals surface area (Å²) >= 11 is 0. The van der Waals surface area contributed by atoms with Crippen LogP contribution in [0.15, 0.2) is 24.8 Å². The highest BCUT2D eigenvalue weighted by molar-refractivity contribution is 5.33. The number of ether oxygens (including phenoxy) is 1. The van der Waals surface area contributed by atoms with Crippen LogP contribution in [0.3, 0.4) is 0 Å². The van der Waals surface area contributed by atoms with Crippen molar-refractivity contribution in [2.75, 3.05) is 6.61 Å². The van der Waals surface area contributed by atoms with Crippen molar-refractivity contribution >= 4 is 0 Å². The molecule has 0 unspecified atom stereocenters. The molecule has 0 atom stereocenters. The van der Waals surface area contributed by atoms with Crippen LogP contribution in [0.5, 0.6) is 5.75 Å². The summed E-state index contributed by atoms with van der Waals surface area (Å²) in [5.74, 6) is 1.25. The Labute approximate surface area is 207 Å². The number of halogens is 2. The van der Waals surface area contributed by atoms with Gasteiger partial charge in [0.05, 0.1) is 6.61 Å². The van der Waals surface area contributed by atoms with Crippen LogP contribution in [0.2, 0.25) is 0 Å². The van der Waals surface area contributed by atoms with E-state index in [-0.39, 0.29) is 11.7 Å². The second kappa shape index (κ2) is 14.9. The minimum absolute atomic E-state index is 0.0779. The van der Waals surface area contributed by atoms with Crippen LogP contribution in [0.4, 0.5) is 8.78 Å². The summed E-state index contributed by atoms with van der Waals surface area (Å²) in [7, 11) is 0. The number of hydrogen-bond donors (Lipinski definition) is 0. The first-order chi connectivity index (χ1) is 16.6. The first-order valence-electron chi connectivity index (χ1n) is 14.4. The molecule has 0 aliphatic heterocycles. The molecule has 1 aromatic rings. The van der Waals surface area contributed by atoms with Crippen LogP contribution in [-0.2, 0) is 0 Å². The van der Waals surface area contributed by atoms with Crippen molar-refractivity contribution in [3.05, 3.63) is 42.0 Å². The normalized spacial score (nSPS) is 25.3. The van der Waals surface area contributed by atoms with E-state index in [1.165, 1.54) is 64.2 Å². The van der Waals surface area contributed by atoms with Crippen molar-refractivity contribution in [2.45, 2.75) is 122 Å². The maximum atomic E-state index is 14.9. The number of allylic oxidation sites excluding steroid dienone is 1. The molecule has 0 N–H and O–H groups in total. The molecule has 3 rings (SSSR count). The maximum Gasteiger partial charge on any atom is 0.200 e. The zero-order valence-corrected chi connectivity index (χ0v) is 21.6. The van der Waals surface area contributed by atoms with E-state index in [9.17, 15) is 8.78 Å². The van der Waals surface area contributed by atoms with Crippen LogP contribution in [0.1, 0.15) is 128 Å². The summed E-state index contributed by atoms with van der Waals surface area (Å²) < 4.78 is 35.2. The summed E-state index contributed by atoms with van der Waals surface area (Å²) in [6.45, 7) is 6.54. The molecule has 0 aromatic heterocycles. The Morgan fingerprint density at radius 2 is 1.44 bits per heavy atom. The third-order valence-corrected chi connectivity index (χ3v) is 8.63. The maximum absolute atomic E-state index is 14.9. The molecule has 0 bridgehead atoms. The molecule has 2 saturated carbocycles. The standard InChI is InChI=1S/C31H48F2O/c1-3-5-7-8-9-10-11-23-34-29-22-21-28(30(32)31(29)33)27-19-17-26(18-20-27)25-15-13-24(14-16-25)12-6-4-2/h4,21-22,24-27H,2-3,5-20,23H2,1H3. The highest BCUT2D eigenvalue weighted by Crippen LogP contribution is 2.45. The predicted molar refractivity (Wildman–Crippen MR) is 139 cm³/mol. The van der Waals surface area contributed by atoms with Crippen molar-refractivity contribution in [2.24, 2.45) is 17.8 Å². The van der Waals surface area contributed by atoms with Gasteiger partial charge in [0, 0.05) is 0 Å². The summed E-state index contributed by atoms with van der Waals surface area (Å²) in [6, 6.07) is 3.44. The van der Waals surface area contributed by atoms with Crippen LogP contribution >= 0.6 is 0 Å². The minimum Gasteiger partial charge on any atom is -0.490 e. The Morgan fingerprint density at radius 3 is 2.09 bits per heavy atom. The second-order valence-electron chi connectivity index (χ2n) is 11.0. The van der Waals surface area contributed by atoms with E-state index in [4.69, 9.17) is 4.74 Å². The number of benzene rings is 1. The van der Waals surface area contributed by atoms with Gasteiger partial charge in [-0.3, -0.25) is 0 Å². The van der Waals surface area contributed by atoms with Gasteiger partial charge >= 0.3 is 0 Å². The fourth-order valence-electron chi connectivity index (χ4n) is 6.42. The largest absolute Gasteiger partial charge is 0.490 e. The molecular formula is C31H48F2O. The smallest absolute Gasteiger partial charge is 0.200 e. The molecule has 2 fully saturated rings. The number of unbranched alkanes of at least 4 members (excludes halogenated alkanes) is 6. The number of rotatable bonds is 14. The topological polar surface area (TPSA) is 9.23 Å². The van der Waals surface area contributed by atoms with Gasteiger partial charge < -0.3 is 4.74 Å². The van der Waals surface area contributed by atoms with Crippen LogP contribution < -0.4 is 4.74 Å². The minimum atomic E-state index is -0.791. The zero-order chi connectivity index (χ0) is 24.2. The fraction of sp³-hybridized carbons (Fsp3) is 0.742. The molecule has 1 aromatic carbocycles. The Morgan fingerprint density at radius 1 is 0.824 bits per heavy atom. The predicted octanol–water partition coefficient (Wildman–Crippen LogP) is 10.1. The van der Waals surface area contributed by atoms with Gasteiger partial charge in [0.15, 0.2) is 11.6 Å². The van der Waals surface area contributed by atoms with E-state index in [0.717, 1.165) is 62.7 Å². The van der Waals surface area contributed by atoms with Gasteiger partial charge in [-0.1, -0.05) is 70.4 Å². The molecule has 0 saturated heterocycles. The molecule has 0 radical (unpaired) electrons. The Bertz CT molecular complexity index is 714. The van der Waals surface area contributed by atoms with Gasteiger partial charge in [-0.2, -0.15) is 4.39 Å². The molecule has 192 valence electrons. The fourth-order valence-corrected chi connectivity index (χ4v) is 6.42. The van der Waals surface area contributed by atoms with E-state index in [1.54, 1.807) is 12.1 Å². The summed E-state index contributed by atoms with van der Waals surface area (Å²) in [5.41, 5.74) is 0.562. The SMILES string of the molecule is C=CCCC1CCC(C2CCC(c3ccc(OCCCCCCCCC)c(F)c3F)CC2)CC1. The van der Waals surface area contributed by atoms with Gasteiger partial charge in [-0.15, -0.1) is 6.58 Å². The van der Waals surface area contributed by atoms with E-state index in [0.29, 0.717) is 12.2 Å². The van der Waals surface area contributed by atoms with E-state index in [2.05, 4.69) is 13.5 Å². The lowest BCUT2D eigenvalue weighted by Gasteiger charge is -2.38. The molecule has 34 heavy (non-hydrogen) atoms. The number of hydrogen-bond acceptors (Lipinski definition) is 1. The van der Waals surface area contributed by atoms with E-state index < -0.39 is 11.6 Å². The Balaban J connectivity index is 1.40. The van der Waals surface area contributed by atoms with Gasteiger partial charge in [0.1, 0.15) is 0 Å². The van der Waals surface area contributed by atoms with Crippen molar-refractivity contribution in [3.63, 3.8) is 0 Å². The van der Waals surface area contributed by atoms with Gasteiger partial charge in [-0.05, 0) is 93.1 Å². The Hall–Kier alpha value is -1.38. The highest BCUT2D eigenvalue weighted by atomic mass is 19.2. The first-order valence-corrected chi connectivity index (χ1v) is 14.4. The van der Waals surface area contributed by atoms with Gasteiger partial charge in [-0.25, -0.2) is 4.39 Å². The highest BCUT2D eigenvalue weighted by Gasteiger charge is 2.32. The van der Waals surface area contributed by atoms with E-state index in [1.807, 2.05) is 6.08 Å². The molecule has 2 aliphatic carbocycles. The molecular weight excluding hydrogens is 426 g/mol. The molecule has 0 heterocycles. The molecule has 2 aliphatic rings. The van der Waals surface area contributed by atoms with E-state index >= 15 is 0 Å². The Kier molecular flexibility index (Phi) is 11.9. The summed E-state index contributed by atoms with van der Waals surface area (Å²) in [4.78, 5) is 0. The lowest BCUT2D eigenvalue weighted by Crippen LogP contribution is -2.25. The summed E-state index contributed by atoms with van der Waals surface area (Å²) in [6.07, 6.45) is 22.5. The monoisotopic (exact) mass is 474 g/mol. The molecule has 0 amide bonds. The van der Waals surface area contributed by atoms with Crippen LogP contribution in [0.25, 0.3) is 0 Å². The molecule has 0 spiro atoms. The van der Waals surface area contributed by atoms with Crippen molar-refractivity contribution in [1.82, 2.24) is 0 Å². The lowest BCUT2D eigenvalue weighted by molar-refractivity contribution is 0.156. The first kappa shape index (κ1) is 27.2. The van der Waals surface area contributed by atoms with Gasteiger partial charge in [0.2, 0.25) is 5.82 Å². The van der Waals surface area contributed by atoms with Crippen LogP contribution in [0, 0.1) is 29.4 Å². The van der Waals surface area contributed by atoms with Crippen molar-refractivity contribution < 1.29 is 13.5 Å². The molecule has 1 nitrogen and oxygen atoms in total. The third-order valence-electron chi connectivity index (χ3n) is 8.63. The summed E-state index contributed by atoms with van der Waals surface area (Å²) in [5, 5.41) is 0. The lowest BCUT2D eigenvalue weighted by atomic mass is 9.68. The van der Waals surface area contributed by atoms with Gasteiger partial charge in [0.25, 0.3) is 0 Å². The quantitative estimate of drug-likeness (QED) is 0.192.